The highest BCUT2D eigenvalue weighted by atomic mass is 79.9. The van der Waals surface area contributed by atoms with E-state index in [1.807, 2.05) is 0 Å². The minimum Gasteiger partial charge on any atom is -0.337 e. The zero-order valence-electron chi connectivity index (χ0n) is 9.03. The Labute approximate surface area is 120 Å². The van der Waals surface area contributed by atoms with Crippen molar-refractivity contribution in [1.82, 2.24) is 4.90 Å². The van der Waals surface area contributed by atoms with Crippen LogP contribution in [-0.2, 0) is 0 Å². The SMILES string of the molecule is Cl.N[C@@H]1CCN(C(=O)c2ccc(Cl)cc2Br)C1. The fourth-order valence-electron chi connectivity index (χ4n) is 1.81. The van der Waals surface area contributed by atoms with E-state index in [0.717, 1.165) is 17.4 Å². The van der Waals surface area contributed by atoms with Crippen LogP contribution in [-0.4, -0.2) is 29.9 Å². The van der Waals surface area contributed by atoms with Gasteiger partial charge in [-0.15, -0.1) is 12.4 Å². The first-order valence-corrected chi connectivity index (χ1v) is 6.25. The number of rotatable bonds is 1. The summed E-state index contributed by atoms with van der Waals surface area (Å²) in [5, 5.41) is 0.613. The number of nitrogens with zero attached hydrogens (tertiary/aromatic N) is 1. The largest absolute Gasteiger partial charge is 0.337 e. The number of amides is 1. The normalized spacial score (nSPS) is 19.0. The highest BCUT2D eigenvalue weighted by molar-refractivity contribution is 9.10. The van der Waals surface area contributed by atoms with Gasteiger partial charge in [0.25, 0.3) is 5.91 Å². The molecule has 94 valence electrons. The van der Waals surface area contributed by atoms with Gasteiger partial charge in [0.05, 0.1) is 5.56 Å². The first-order chi connectivity index (χ1) is 7.58. The summed E-state index contributed by atoms with van der Waals surface area (Å²) in [6.45, 7) is 1.36. The molecule has 1 fully saturated rings. The van der Waals surface area contributed by atoms with Crippen LogP contribution in [0.5, 0.6) is 0 Å². The van der Waals surface area contributed by atoms with Crippen LogP contribution in [0.3, 0.4) is 0 Å². The molecular formula is C11H13BrCl2N2O. The quantitative estimate of drug-likeness (QED) is 0.855. The van der Waals surface area contributed by atoms with Gasteiger partial charge < -0.3 is 10.6 Å². The minimum atomic E-state index is 0. The molecule has 2 N–H and O–H groups in total. The molecule has 3 nitrogen and oxygen atoms in total. The molecule has 1 aromatic rings. The molecule has 1 heterocycles. The van der Waals surface area contributed by atoms with Crippen LogP contribution in [0.4, 0.5) is 0 Å². The summed E-state index contributed by atoms with van der Waals surface area (Å²) >= 11 is 9.18. The van der Waals surface area contributed by atoms with Gasteiger partial charge in [-0.3, -0.25) is 4.79 Å². The maximum Gasteiger partial charge on any atom is 0.255 e. The summed E-state index contributed by atoms with van der Waals surface area (Å²) < 4.78 is 0.727. The van der Waals surface area contributed by atoms with Gasteiger partial charge in [0, 0.05) is 28.6 Å². The third-order valence-corrected chi connectivity index (χ3v) is 3.56. The van der Waals surface area contributed by atoms with Crippen molar-refractivity contribution >= 4 is 45.8 Å². The third kappa shape index (κ3) is 3.35. The lowest BCUT2D eigenvalue weighted by atomic mass is 10.2. The summed E-state index contributed by atoms with van der Waals surface area (Å²) in [5.74, 6) is 0.0106. The maximum absolute atomic E-state index is 12.1. The predicted octanol–water partition coefficient (Wildman–Crippen LogP) is 2.70. The van der Waals surface area contributed by atoms with Crippen LogP contribution >= 0.6 is 39.9 Å². The molecular weight excluding hydrogens is 327 g/mol. The fraction of sp³-hybridized carbons (Fsp3) is 0.364. The fourth-order valence-corrected chi connectivity index (χ4v) is 2.66. The van der Waals surface area contributed by atoms with Gasteiger partial charge in [-0.1, -0.05) is 11.6 Å². The summed E-state index contributed by atoms with van der Waals surface area (Å²) in [7, 11) is 0. The molecule has 1 saturated heterocycles. The lowest BCUT2D eigenvalue weighted by Gasteiger charge is -2.16. The van der Waals surface area contributed by atoms with Crippen molar-refractivity contribution < 1.29 is 4.79 Å². The van der Waals surface area contributed by atoms with Crippen molar-refractivity contribution in [1.29, 1.82) is 0 Å². The Balaban J connectivity index is 0.00000144. The minimum absolute atomic E-state index is 0. The number of benzene rings is 1. The van der Waals surface area contributed by atoms with Gasteiger partial charge in [0.1, 0.15) is 0 Å². The molecule has 0 spiro atoms. The molecule has 0 bridgehead atoms. The van der Waals surface area contributed by atoms with Gasteiger partial charge >= 0.3 is 0 Å². The second-order valence-electron chi connectivity index (χ2n) is 3.92. The number of hydrogen-bond acceptors (Lipinski definition) is 2. The average molecular weight is 340 g/mol. The van der Waals surface area contributed by atoms with Gasteiger partial charge in [-0.25, -0.2) is 0 Å². The molecule has 0 aliphatic carbocycles. The van der Waals surface area contributed by atoms with Crippen LogP contribution in [0, 0.1) is 0 Å². The van der Waals surface area contributed by atoms with E-state index < -0.39 is 0 Å². The predicted molar refractivity (Wildman–Crippen MR) is 74.9 cm³/mol. The third-order valence-electron chi connectivity index (χ3n) is 2.67. The van der Waals surface area contributed by atoms with E-state index in [4.69, 9.17) is 17.3 Å². The van der Waals surface area contributed by atoms with Gasteiger partial charge in [0.2, 0.25) is 0 Å². The molecule has 17 heavy (non-hydrogen) atoms. The van der Waals surface area contributed by atoms with E-state index in [9.17, 15) is 4.79 Å². The molecule has 6 heteroatoms. The van der Waals surface area contributed by atoms with Gasteiger partial charge in [-0.05, 0) is 40.5 Å². The first kappa shape index (κ1) is 14.8. The van der Waals surface area contributed by atoms with E-state index in [-0.39, 0.29) is 24.4 Å². The topological polar surface area (TPSA) is 46.3 Å². The summed E-state index contributed by atoms with van der Waals surface area (Å²) in [6, 6.07) is 5.29. The highest BCUT2D eigenvalue weighted by Crippen LogP contribution is 2.24. The lowest BCUT2D eigenvalue weighted by molar-refractivity contribution is 0.0790. The summed E-state index contributed by atoms with van der Waals surface area (Å²) in [4.78, 5) is 13.9. The van der Waals surface area contributed by atoms with Crippen molar-refractivity contribution in [3.63, 3.8) is 0 Å². The molecule has 1 amide bonds. The zero-order valence-corrected chi connectivity index (χ0v) is 12.2. The Morgan fingerprint density at radius 1 is 1.53 bits per heavy atom. The Hall–Kier alpha value is -0.290. The molecule has 1 aliphatic heterocycles. The van der Waals surface area contributed by atoms with Gasteiger partial charge in [0.15, 0.2) is 0 Å². The highest BCUT2D eigenvalue weighted by Gasteiger charge is 2.25. The van der Waals surface area contributed by atoms with Crippen molar-refractivity contribution in [2.45, 2.75) is 12.5 Å². The number of nitrogens with two attached hydrogens (primary N) is 1. The number of halogens is 3. The smallest absolute Gasteiger partial charge is 0.255 e. The molecule has 1 atom stereocenters. The van der Waals surface area contributed by atoms with E-state index in [1.54, 1.807) is 23.1 Å². The van der Waals surface area contributed by atoms with Crippen molar-refractivity contribution in [3.8, 4) is 0 Å². The Morgan fingerprint density at radius 3 is 2.76 bits per heavy atom. The Kier molecular flexibility index (Phi) is 5.25. The molecule has 2 rings (SSSR count). The molecule has 1 aliphatic rings. The van der Waals surface area contributed by atoms with Gasteiger partial charge in [-0.2, -0.15) is 0 Å². The standard InChI is InChI=1S/C11H12BrClN2O.ClH/c12-10-5-7(13)1-2-9(10)11(16)15-4-3-8(14)6-15;/h1-2,5,8H,3-4,6,14H2;1H/t8-;/m1./s1. The average Bonchev–Trinajstić information content (AvgIpc) is 2.64. The van der Waals surface area contributed by atoms with Crippen LogP contribution in [0.2, 0.25) is 5.02 Å². The molecule has 0 unspecified atom stereocenters. The number of likely N-dealkylation sites (tertiary alicyclic amines) is 1. The monoisotopic (exact) mass is 338 g/mol. The summed E-state index contributed by atoms with van der Waals surface area (Å²) in [5.41, 5.74) is 6.41. The molecule has 0 aromatic heterocycles. The summed E-state index contributed by atoms with van der Waals surface area (Å²) in [6.07, 6.45) is 0.872. The second-order valence-corrected chi connectivity index (χ2v) is 5.21. The van der Waals surface area contributed by atoms with E-state index in [1.165, 1.54) is 0 Å². The van der Waals surface area contributed by atoms with Crippen LogP contribution in [0.15, 0.2) is 22.7 Å². The first-order valence-electron chi connectivity index (χ1n) is 5.08. The van der Waals surface area contributed by atoms with E-state index >= 15 is 0 Å². The van der Waals surface area contributed by atoms with E-state index in [2.05, 4.69) is 15.9 Å². The lowest BCUT2D eigenvalue weighted by Crippen LogP contribution is -2.32. The Morgan fingerprint density at radius 2 is 2.24 bits per heavy atom. The van der Waals surface area contributed by atoms with Crippen LogP contribution < -0.4 is 5.73 Å². The zero-order chi connectivity index (χ0) is 11.7. The van der Waals surface area contributed by atoms with Crippen molar-refractivity contribution in [3.05, 3.63) is 33.3 Å². The number of carbonyl (C=O) groups excluding carboxylic acids is 1. The van der Waals surface area contributed by atoms with Crippen LogP contribution in [0.1, 0.15) is 16.8 Å². The Bertz CT molecular complexity index is 428. The maximum atomic E-state index is 12.1. The van der Waals surface area contributed by atoms with Crippen molar-refractivity contribution in [2.24, 2.45) is 5.73 Å². The van der Waals surface area contributed by atoms with E-state index in [0.29, 0.717) is 17.1 Å². The van der Waals surface area contributed by atoms with Crippen molar-refractivity contribution in [2.75, 3.05) is 13.1 Å². The molecule has 1 aromatic carbocycles. The molecule has 0 saturated carbocycles. The van der Waals surface area contributed by atoms with Crippen LogP contribution in [0.25, 0.3) is 0 Å². The second kappa shape index (κ2) is 6.05. The molecule has 0 radical (unpaired) electrons. The number of hydrogen-bond donors (Lipinski definition) is 1. The number of carbonyl (C=O) groups is 1.